The third kappa shape index (κ3) is 1.68. The van der Waals surface area contributed by atoms with Crippen LogP contribution in [0, 0.1) is 6.92 Å². The maximum absolute atomic E-state index is 9.71. The summed E-state index contributed by atoms with van der Waals surface area (Å²) in [5.74, 6) is 0.430. The third-order valence-corrected chi connectivity index (χ3v) is 2.62. The van der Waals surface area contributed by atoms with Crippen LogP contribution in [0.2, 0.25) is 0 Å². The van der Waals surface area contributed by atoms with Gasteiger partial charge in [0.25, 0.3) is 0 Å². The predicted molar refractivity (Wildman–Crippen MR) is 52.8 cm³/mol. The number of benzene rings is 1. The third-order valence-electron chi connectivity index (χ3n) is 2.62. The van der Waals surface area contributed by atoms with Crippen LogP contribution in [0.5, 0.6) is 5.75 Å². The average Bonchev–Trinajstić information content (AvgIpc) is 2.56. The van der Waals surface area contributed by atoms with Crippen molar-refractivity contribution < 1.29 is 5.11 Å². The van der Waals surface area contributed by atoms with Crippen LogP contribution in [0.25, 0.3) is 0 Å². The fourth-order valence-electron chi connectivity index (χ4n) is 1.90. The first-order chi connectivity index (χ1) is 6.27. The highest BCUT2D eigenvalue weighted by atomic mass is 16.3. The van der Waals surface area contributed by atoms with E-state index in [9.17, 15) is 5.11 Å². The van der Waals surface area contributed by atoms with E-state index in [0.717, 1.165) is 24.1 Å². The van der Waals surface area contributed by atoms with Crippen LogP contribution >= 0.6 is 0 Å². The molecule has 0 aromatic heterocycles. The Morgan fingerprint density at radius 2 is 2.31 bits per heavy atom. The average molecular weight is 177 g/mol. The molecule has 1 aromatic carbocycles. The van der Waals surface area contributed by atoms with E-state index in [0.29, 0.717) is 11.8 Å². The SMILES string of the molecule is Cc1ccc(C2CCCN2)c(O)c1. The Morgan fingerprint density at radius 1 is 1.46 bits per heavy atom. The monoisotopic (exact) mass is 177 g/mol. The zero-order chi connectivity index (χ0) is 9.26. The Balaban J connectivity index is 2.29. The molecule has 70 valence electrons. The number of hydrogen-bond donors (Lipinski definition) is 2. The Morgan fingerprint density at radius 3 is 2.92 bits per heavy atom. The zero-order valence-corrected chi connectivity index (χ0v) is 7.88. The van der Waals surface area contributed by atoms with Gasteiger partial charge in [-0.1, -0.05) is 12.1 Å². The van der Waals surface area contributed by atoms with E-state index in [2.05, 4.69) is 11.4 Å². The predicted octanol–water partition coefficient (Wildman–Crippen LogP) is 2.13. The molecule has 1 atom stereocenters. The summed E-state index contributed by atoms with van der Waals surface area (Å²) in [4.78, 5) is 0. The molecule has 1 fully saturated rings. The smallest absolute Gasteiger partial charge is 0.120 e. The summed E-state index contributed by atoms with van der Waals surface area (Å²) in [6, 6.07) is 6.26. The molecule has 2 nitrogen and oxygen atoms in total. The lowest BCUT2D eigenvalue weighted by Gasteiger charge is -2.12. The van der Waals surface area contributed by atoms with Gasteiger partial charge in [0, 0.05) is 11.6 Å². The van der Waals surface area contributed by atoms with Gasteiger partial charge in [-0.05, 0) is 37.9 Å². The van der Waals surface area contributed by atoms with E-state index in [1.807, 2.05) is 19.1 Å². The van der Waals surface area contributed by atoms with Crippen molar-refractivity contribution in [3.05, 3.63) is 29.3 Å². The van der Waals surface area contributed by atoms with Crippen molar-refractivity contribution in [1.82, 2.24) is 5.32 Å². The molecule has 1 aromatic rings. The quantitative estimate of drug-likeness (QED) is 0.688. The molecule has 0 radical (unpaired) electrons. The summed E-state index contributed by atoms with van der Waals surface area (Å²) in [6.45, 7) is 3.06. The highest BCUT2D eigenvalue weighted by Gasteiger charge is 2.18. The highest BCUT2D eigenvalue weighted by molar-refractivity contribution is 5.38. The minimum atomic E-state index is 0.362. The van der Waals surface area contributed by atoms with Gasteiger partial charge in [-0.3, -0.25) is 0 Å². The molecule has 1 heterocycles. The molecular formula is C11H15NO. The zero-order valence-electron chi connectivity index (χ0n) is 7.88. The van der Waals surface area contributed by atoms with Crippen LogP contribution in [0.15, 0.2) is 18.2 Å². The number of aryl methyl sites for hydroxylation is 1. The van der Waals surface area contributed by atoms with Gasteiger partial charge >= 0.3 is 0 Å². The molecule has 1 saturated heterocycles. The van der Waals surface area contributed by atoms with Gasteiger partial charge in [0.1, 0.15) is 5.75 Å². The van der Waals surface area contributed by atoms with E-state index in [-0.39, 0.29) is 0 Å². The fourth-order valence-corrected chi connectivity index (χ4v) is 1.90. The van der Waals surface area contributed by atoms with Crippen molar-refractivity contribution in [2.45, 2.75) is 25.8 Å². The van der Waals surface area contributed by atoms with Crippen molar-refractivity contribution in [2.24, 2.45) is 0 Å². The van der Waals surface area contributed by atoms with Crippen LogP contribution in [0.1, 0.15) is 30.0 Å². The first-order valence-corrected chi connectivity index (χ1v) is 4.80. The molecule has 2 heteroatoms. The van der Waals surface area contributed by atoms with Crippen molar-refractivity contribution in [1.29, 1.82) is 0 Å². The van der Waals surface area contributed by atoms with Gasteiger partial charge in [0.05, 0.1) is 0 Å². The molecule has 0 bridgehead atoms. The van der Waals surface area contributed by atoms with Crippen LogP contribution in [-0.4, -0.2) is 11.7 Å². The van der Waals surface area contributed by atoms with Gasteiger partial charge in [-0.15, -0.1) is 0 Å². The topological polar surface area (TPSA) is 32.3 Å². The number of hydrogen-bond acceptors (Lipinski definition) is 2. The normalized spacial score (nSPS) is 22.1. The van der Waals surface area contributed by atoms with Crippen molar-refractivity contribution in [3.8, 4) is 5.75 Å². The maximum atomic E-state index is 9.71. The van der Waals surface area contributed by atoms with Crippen LogP contribution in [0.4, 0.5) is 0 Å². The summed E-state index contributed by atoms with van der Waals surface area (Å²) in [6.07, 6.45) is 2.34. The van der Waals surface area contributed by atoms with Gasteiger partial charge in [0.15, 0.2) is 0 Å². The summed E-state index contributed by atoms with van der Waals surface area (Å²) >= 11 is 0. The van der Waals surface area contributed by atoms with Crippen LogP contribution in [-0.2, 0) is 0 Å². The van der Waals surface area contributed by atoms with Crippen LogP contribution < -0.4 is 5.32 Å². The number of rotatable bonds is 1. The first kappa shape index (κ1) is 8.57. The minimum Gasteiger partial charge on any atom is -0.508 e. The molecule has 13 heavy (non-hydrogen) atoms. The second kappa shape index (κ2) is 3.38. The number of aromatic hydroxyl groups is 1. The lowest BCUT2D eigenvalue weighted by molar-refractivity contribution is 0.456. The van der Waals surface area contributed by atoms with Crippen molar-refractivity contribution >= 4 is 0 Å². The Labute approximate surface area is 78.6 Å². The van der Waals surface area contributed by atoms with E-state index in [1.54, 1.807) is 0 Å². The number of phenolic OH excluding ortho intramolecular Hbond substituents is 1. The molecule has 1 aliphatic heterocycles. The van der Waals surface area contributed by atoms with Crippen LogP contribution in [0.3, 0.4) is 0 Å². The van der Waals surface area contributed by atoms with Gasteiger partial charge in [-0.25, -0.2) is 0 Å². The molecule has 0 spiro atoms. The van der Waals surface area contributed by atoms with Gasteiger partial charge in [-0.2, -0.15) is 0 Å². The highest BCUT2D eigenvalue weighted by Crippen LogP contribution is 2.30. The number of phenols is 1. The van der Waals surface area contributed by atoms with E-state index in [4.69, 9.17) is 0 Å². The molecule has 0 amide bonds. The lowest BCUT2D eigenvalue weighted by Crippen LogP contribution is -2.12. The Hall–Kier alpha value is -1.02. The summed E-state index contributed by atoms with van der Waals surface area (Å²) in [5.41, 5.74) is 2.15. The van der Waals surface area contributed by atoms with Gasteiger partial charge in [0.2, 0.25) is 0 Å². The summed E-state index contributed by atoms with van der Waals surface area (Å²) < 4.78 is 0. The first-order valence-electron chi connectivity index (χ1n) is 4.80. The van der Waals surface area contributed by atoms with E-state index < -0.39 is 0 Å². The fraction of sp³-hybridized carbons (Fsp3) is 0.455. The molecule has 2 N–H and O–H groups in total. The van der Waals surface area contributed by atoms with E-state index >= 15 is 0 Å². The standard InChI is InChI=1S/C11H15NO/c1-8-4-5-9(11(13)7-8)10-3-2-6-12-10/h4-5,7,10,12-13H,2-3,6H2,1H3. The minimum absolute atomic E-state index is 0.362. The molecule has 0 saturated carbocycles. The second-order valence-corrected chi connectivity index (χ2v) is 3.71. The number of nitrogens with one attached hydrogen (secondary N) is 1. The van der Waals surface area contributed by atoms with Crippen molar-refractivity contribution in [2.75, 3.05) is 6.54 Å². The largest absolute Gasteiger partial charge is 0.508 e. The molecule has 0 aliphatic carbocycles. The second-order valence-electron chi connectivity index (χ2n) is 3.71. The molecule has 1 unspecified atom stereocenters. The maximum Gasteiger partial charge on any atom is 0.120 e. The summed E-state index contributed by atoms with van der Waals surface area (Å²) in [5, 5.41) is 13.1. The van der Waals surface area contributed by atoms with Crippen molar-refractivity contribution in [3.63, 3.8) is 0 Å². The van der Waals surface area contributed by atoms with Gasteiger partial charge < -0.3 is 10.4 Å². The lowest BCUT2D eigenvalue weighted by atomic mass is 10.0. The Kier molecular flexibility index (Phi) is 2.23. The molecule has 2 rings (SSSR count). The molecular weight excluding hydrogens is 162 g/mol. The Bertz CT molecular complexity index is 303. The van der Waals surface area contributed by atoms with E-state index in [1.165, 1.54) is 6.42 Å². The summed E-state index contributed by atoms with van der Waals surface area (Å²) in [7, 11) is 0. The molecule has 1 aliphatic rings.